The van der Waals surface area contributed by atoms with Crippen molar-refractivity contribution in [3.8, 4) is 0 Å². The number of imidazole rings is 1. The molecule has 0 aromatic carbocycles. The summed E-state index contributed by atoms with van der Waals surface area (Å²) in [6.07, 6.45) is 2.26. The Kier molecular flexibility index (Phi) is 3.82. The number of anilines is 1. The van der Waals surface area contributed by atoms with Gasteiger partial charge in [0.25, 0.3) is 0 Å². The van der Waals surface area contributed by atoms with Crippen molar-refractivity contribution in [3.05, 3.63) is 12.2 Å². The topological polar surface area (TPSA) is 96.2 Å². The van der Waals surface area contributed by atoms with Crippen LogP contribution in [0.5, 0.6) is 0 Å². The van der Waals surface area contributed by atoms with Gasteiger partial charge in [0, 0.05) is 32.1 Å². The van der Waals surface area contributed by atoms with Gasteiger partial charge in [-0.15, -0.1) is 0 Å². The maximum atomic E-state index is 11.0. The van der Waals surface area contributed by atoms with Crippen LogP contribution in [-0.4, -0.2) is 54.8 Å². The third kappa shape index (κ3) is 2.44. The van der Waals surface area contributed by atoms with Crippen molar-refractivity contribution in [2.24, 2.45) is 0 Å². The Morgan fingerprint density at radius 3 is 2.91 bits per heavy atom. The summed E-state index contributed by atoms with van der Waals surface area (Å²) in [5, 5.41) is 12.4. The lowest BCUT2D eigenvalue weighted by atomic mass is 10.2. The predicted octanol–water partition coefficient (Wildman–Crippen LogP) is 1.57. The summed E-state index contributed by atoms with van der Waals surface area (Å²) in [7, 11) is 0. The van der Waals surface area contributed by atoms with E-state index in [4.69, 9.17) is 5.11 Å². The molecule has 1 atom stereocenters. The van der Waals surface area contributed by atoms with Crippen molar-refractivity contribution in [1.29, 1.82) is 0 Å². The van der Waals surface area contributed by atoms with E-state index in [1.54, 1.807) is 0 Å². The standard InChI is InChI=1S/C14H20N6O2/c1-3-10-18-11-12(15-8-16-13(11)20(10)4-2)17-9-5-6-19(7-9)14(21)22/h8-9H,3-7H2,1-2H3,(H,21,22)(H,15,16,17). The number of aryl methyl sites for hydroxylation is 2. The molecule has 3 rings (SSSR count). The number of aromatic nitrogens is 4. The van der Waals surface area contributed by atoms with Crippen LogP contribution in [0.2, 0.25) is 0 Å². The van der Waals surface area contributed by atoms with Gasteiger partial charge in [-0.25, -0.2) is 19.7 Å². The minimum Gasteiger partial charge on any atom is -0.465 e. The lowest BCUT2D eigenvalue weighted by Gasteiger charge is -2.14. The van der Waals surface area contributed by atoms with Crippen molar-refractivity contribution in [2.75, 3.05) is 18.4 Å². The first kappa shape index (κ1) is 14.6. The molecule has 2 aromatic rings. The van der Waals surface area contributed by atoms with Crippen LogP contribution >= 0.6 is 0 Å². The highest BCUT2D eigenvalue weighted by Gasteiger charge is 2.27. The monoisotopic (exact) mass is 304 g/mol. The van der Waals surface area contributed by atoms with E-state index in [0.29, 0.717) is 18.9 Å². The molecule has 8 heteroatoms. The highest BCUT2D eigenvalue weighted by atomic mass is 16.4. The third-order valence-electron chi connectivity index (χ3n) is 4.04. The molecule has 2 N–H and O–H groups in total. The Hall–Kier alpha value is -2.38. The second-order valence-corrected chi connectivity index (χ2v) is 5.38. The zero-order valence-corrected chi connectivity index (χ0v) is 12.8. The van der Waals surface area contributed by atoms with Gasteiger partial charge >= 0.3 is 6.09 Å². The van der Waals surface area contributed by atoms with Crippen molar-refractivity contribution >= 4 is 23.1 Å². The van der Waals surface area contributed by atoms with E-state index < -0.39 is 6.09 Å². The SMILES string of the molecule is CCc1nc2c(NC3CCN(C(=O)O)C3)ncnc2n1CC. The van der Waals surface area contributed by atoms with E-state index in [-0.39, 0.29) is 6.04 Å². The van der Waals surface area contributed by atoms with Gasteiger partial charge in [-0.3, -0.25) is 0 Å². The molecule has 0 spiro atoms. The summed E-state index contributed by atoms with van der Waals surface area (Å²) < 4.78 is 2.08. The normalized spacial score (nSPS) is 18.1. The third-order valence-corrected chi connectivity index (χ3v) is 4.04. The maximum Gasteiger partial charge on any atom is 0.407 e. The Morgan fingerprint density at radius 2 is 2.27 bits per heavy atom. The molecule has 118 valence electrons. The first-order valence-corrected chi connectivity index (χ1v) is 7.58. The minimum absolute atomic E-state index is 0.0612. The fraction of sp³-hybridized carbons (Fsp3) is 0.571. The van der Waals surface area contributed by atoms with Crippen molar-refractivity contribution in [2.45, 2.75) is 39.3 Å². The van der Waals surface area contributed by atoms with E-state index >= 15 is 0 Å². The number of hydrogen-bond donors (Lipinski definition) is 2. The summed E-state index contributed by atoms with van der Waals surface area (Å²) in [6, 6.07) is 0.0612. The second-order valence-electron chi connectivity index (χ2n) is 5.38. The summed E-state index contributed by atoms with van der Waals surface area (Å²) in [5.41, 5.74) is 1.58. The Morgan fingerprint density at radius 1 is 1.45 bits per heavy atom. The van der Waals surface area contributed by atoms with E-state index in [2.05, 4.69) is 38.7 Å². The van der Waals surface area contributed by atoms with Crippen LogP contribution in [-0.2, 0) is 13.0 Å². The number of nitrogens with one attached hydrogen (secondary N) is 1. The van der Waals surface area contributed by atoms with Gasteiger partial charge in [-0.05, 0) is 13.3 Å². The highest BCUT2D eigenvalue weighted by Crippen LogP contribution is 2.23. The smallest absolute Gasteiger partial charge is 0.407 e. The van der Waals surface area contributed by atoms with Gasteiger partial charge in [0.1, 0.15) is 12.2 Å². The van der Waals surface area contributed by atoms with Crippen LogP contribution in [0.3, 0.4) is 0 Å². The first-order chi connectivity index (χ1) is 10.6. The molecular formula is C14H20N6O2. The zero-order valence-electron chi connectivity index (χ0n) is 12.8. The Labute approximate surface area is 128 Å². The van der Waals surface area contributed by atoms with E-state index in [9.17, 15) is 4.79 Å². The van der Waals surface area contributed by atoms with Gasteiger partial charge < -0.3 is 19.9 Å². The lowest BCUT2D eigenvalue weighted by Crippen LogP contribution is -2.30. The molecule has 3 heterocycles. The number of rotatable bonds is 4. The summed E-state index contributed by atoms with van der Waals surface area (Å²) in [4.78, 5) is 25.7. The molecule has 0 radical (unpaired) electrons. The molecule has 1 unspecified atom stereocenters. The Balaban J connectivity index is 1.88. The Bertz CT molecular complexity index is 698. The highest BCUT2D eigenvalue weighted by molar-refractivity contribution is 5.83. The average Bonchev–Trinajstić information content (AvgIpc) is 3.11. The van der Waals surface area contributed by atoms with Crippen LogP contribution in [0.25, 0.3) is 11.2 Å². The van der Waals surface area contributed by atoms with Crippen LogP contribution in [0.15, 0.2) is 6.33 Å². The number of amides is 1. The summed E-state index contributed by atoms with van der Waals surface area (Å²) in [6.45, 7) is 5.96. The fourth-order valence-corrected chi connectivity index (χ4v) is 2.93. The maximum absolute atomic E-state index is 11.0. The molecule has 0 bridgehead atoms. The van der Waals surface area contributed by atoms with Gasteiger partial charge in [-0.1, -0.05) is 6.92 Å². The quantitative estimate of drug-likeness (QED) is 0.890. The van der Waals surface area contributed by atoms with E-state index in [0.717, 1.165) is 36.4 Å². The molecule has 8 nitrogen and oxygen atoms in total. The number of hydrogen-bond acceptors (Lipinski definition) is 5. The van der Waals surface area contributed by atoms with E-state index in [1.807, 2.05) is 0 Å². The van der Waals surface area contributed by atoms with Crippen molar-refractivity contribution in [1.82, 2.24) is 24.4 Å². The number of carbonyl (C=O) groups is 1. The molecular weight excluding hydrogens is 284 g/mol. The average molecular weight is 304 g/mol. The molecule has 1 aliphatic rings. The van der Waals surface area contributed by atoms with Gasteiger partial charge in [-0.2, -0.15) is 0 Å². The lowest BCUT2D eigenvalue weighted by molar-refractivity contribution is 0.155. The molecule has 0 aliphatic carbocycles. The molecule has 22 heavy (non-hydrogen) atoms. The predicted molar refractivity (Wildman–Crippen MR) is 82.0 cm³/mol. The fourth-order valence-electron chi connectivity index (χ4n) is 2.93. The summed E-state index contributed by atoms with van der Waals surface area (Å²) >= 11 is 0. The number of likely N-dealkylation sites (tertiary alicyclic amines) is 1. The van der Waals surface area contributed by atoms with E-state index in [1.165, 1.54) is 11.2 Å². The van der Waals surface area contributed by atoms with Gasteiger partial charge in [0.05, 0.1) is 0 Å². The van der Waals surface area contributed by atoms with Gasteiger partial charge in [0.15, 0.2) is 17.0 Å². The minimum atomic E-state index is -0.874. The van der Waals surface area contributed by atoms with Crippen LogP contribution in [0.1, 0.15) is 26.1 Å². The zero-order chi connectivity index (χ0) is 15.7. The van der Waals surface area contributed by atoms with Gasteiger partial charge in [0.2, 0.25) is 0 Å². The molecule has 1 aliphatic heterocycles. The molecule has 1 saturated heterocycles. The largest absolute Gasteiger partial charge is 0.465 e. The second kappa shape index (κ2) is 5.78. The summed E-state index contributed by atoms with van der Waals surface area (Å²) in [5.74, 6) is 1.67. The molecule has 1 amide bonds. The first-order valence-electron chi connectivity index (χ1n) is 7.58. The number of nitrogens with zero attached hydrogens (tertiary/aromatic N) is 5. The number of carboxylic acid groups (broad SMARTS) is 1. The number of fused-ring (bicyclic) bond motifs is 1. The molecule has 2 aromatic heterocycles. The van der Waals surface area contributed by atoms with Crippen molar-refractivity contribution in [3.63, 3.8) is 0 Å². The van der Waals surface area contributed by atoms with Crippen LogP contribution < -0.4 is 5.32 Å². The van der Waals surface area contributed by atoms with Crippen LogP contribution in [0.4, 0.5) is 10.6 Å². The van der Waals surface area contributed by atoms with Crippen LogP contribution in [0, 0.1) is 0 Å². The van der Waals surface area contributed by atoms with Crippen molar-refractivity contribution < 1.29 is 9.90 Å². The molecule has 1 fully saturated rings. The molecule has 0 saturated carbocycles.